The number of likely N-dealkylation sites (N-methyl/N-ethyl adjacent to an activating group) is 1. The molecule has 0 unspecified atom stereocenters. The summed E-state index contributed by atoms with van der Waals surface area (Å²) in [5.74, 6) is 0.627. The summed E-state index contributed by atoms with van der Waals surface area (Å²) in [7, 11) is 3.06. The van der Waals surface area contributed by atoms with Crippen LogP contribution in [0, 0.1) is 0 Å². The zero-order valence-electron chi connectivity index (χ0n) is 13.9. The predicted molar refractivity (Wildman–Crippen MR) is 100 cm³/mol. The standard InChI is InChI=1S/C19H18BrNO4/c1-21-19(23)12-25-17-10-4-13(11-18(17)24-2)3-9-16(22)14-5-7-15(20)8-6-14/h3-11H,12H2,1-2H3,(H,21,23)/b9-3+. The molecule has 130 valence electrons. The largest absolute Gasteiger partial charge is 0.493 e. The number of ether oxygens (including phenoxy) is 2. The minimum Gasteiger partial charge on any atom is -0.493 e. The smallest absolute Gasteiger partial charge is 0.257 e. The minimum atomic E-state index is -0.230. The lowest BCUT2D eigenvalue weighted by atomic mass is 10.1. The third-order valence-corrected chi connectivity index (χ3v) is 3.91. The molecule has 25 heavy (non-hydrogen) atoms. The van der Waals surface area contributed by atoms with Crippen LogP contribution < -0.4 is 14.8 Å². The van der Waals surface area contributed by atoms with Crippen molar-refractivity contribution in [1.29, 1.82) is 0 Å². The summed E-state index contributed by atoms with van der Waals surface area (Å²) in [5.41, 5.74) is 1.39. The van der Waals surface area contributed by atoms with E-state index in [0.717, 1.165) is 10.0 Å². The van der Waals surface area contributed by atoms with Gasteiger partial charge in [0.05, 0.1) is 7.11 Å². The van der Waals surface area contributed by atoms with Gasteiger partial charge >= 0.3 is 0 Å². The Morgan fingerprint density at radius 3 is 2.48 bits per heavy atom. The van der Waals surface area contributed by atoms with Gasteiger partial charge in [-0.1, -0.05) is 28.1 Å². The van der Waals surface area contributed by atoms with Crippen molar-refractivity contribution in [3.8, 4) is 11.5 Å². The third-order valence-electron chi connectivity index (χ3n) is 3.38. The SMILES string of the molecule is CNC(=O)COc1ccc(/C=C/C(=O)c2ccc(Br)cc2)cc1OC. The van der Waals surface area contributed by atoms with Crippen LogP contribution in [0.5, 0.6) is 11.5 Å². The fraction of sp³-hybridized carbons (Fsp3) is 0.158. The highest BCUT2D eigenvalue weighted by Crippen LogP contribution is 2.28. The number of benzene rings is 2. The molecule has 0 aliphatic heterocycles. The summed E-state index contributed by atoms with van der Waals surface area (Å²) in [4.78, 5) is 23.4. The topological polar surface area (TPSA) is 64.6 Å². The zero-order chi connectivity index (χ0) is 18.2. The predicted octanol–water partition coefficient (Wildman–Crippen LogP) is 3.48. The molecule has 0 fully saturated rings. The van der Waals surface area contributed by atoms with E-state index in [1.807, 2.05) is 12.1 Å². The first-order valence-corrected chi connectivity index (χ1v) is 8.32. The van der Waals surface area contributed by atoms with Gasteiger partial charge in [-0.05, 0) is 48.0 Å². The van der Waals surface area contributed by atoms with Crippen molar-refractivity contribution >= 4 is 33.7 Å². The van der Waals surface area contributed by atoms with E-state index in [1.54, 1.807) is 43.5 Å². The van der Waals surface area contributed by atoms with Crippen LogP contribution in [0.1, 0.15) is 15.9 Å². The molecular formula is C19H18BrNO4. The quantitative estimate of drug-likeness (QED) is 0.567. The van der Waals surface area contributed by atoms with Gasteiger partial charge in [-0.3, -0.25) is 9.59 Å². The summed E-state index contributed by atoms with van der Waals surface area (Å²) < 4.78 is 11.6. The second kappa shape index (κ2) is 9.03. The van der Waals surface area contributed by atoms with Gasteiger partial charge in [0.1, 0.15) is 0 Å². The highest BCUT2D eigenvalue weighted by Gasteiger charge is 2.07. The molecule has 0 atom stereocenters. The summed E-state index contributed by atoms with van der Waals surface area (Å²) in [5, 5.41) is 2.48. The van der Waals surface area contributed by atoms with Crippen LogP contribution in [0.4, 0.5) is 0 Å². The number of nitrogens with one attached hydrogen (secondary N) is 1. The minimum absolute atomic E-state index is 0.0913. The molecule has 0 aromatic heterocycles. The van der Waals surface area contributed by atoms with Crippen LogP contribution in [0.3, 0.4) is 0 Å². The molecule has 0 saturated heterocycles. The Kier molecular flexibility index (Phi) is 6.77. The first kappa shape index (κ1) is 18.7. The zero-order valence-corrected chi connectivity index (χ0v) is 15.5. The second-order valence-electron chi connectivity index (χ2n) is 5.08. The Morgan fingerprint density at radius 2 is 1.84 bits per heavy atom. The normalized spacial score (nSPS) is 10.5. The Labute approximate surface area is 154 Å². The molecule has 0 spiro atoms. The number of methoxy groups -OCH3 is 1. The Hall–Kier alpha value is -2.60. The highest BCUT2D eigenvalue weighted by molar-refractivity contribution is 9.10. The van der Waals surface area contributed by atoms with E-state index < -0.39 is 0 Å². The van der Waals surface area contributed by atoms with E-state index in [0.29, 0.717) is 17.1 Å². The van der Waals surface area contributed by atoms with E-state index in [1.165, 1.54) is 13.2 Å². The number of hydrogen-bond donors (Lipinski definition) is 1. The van der Waals surface area contributed by atoms with Gasteiger partial charge in [0.25, 0.3) is 5.91 Å². The van der Waals surface area contributed by atoms with Crippen LogP contribution in [0.25, 0.3) is 6.08 Å². The van der Waals surface area contributed by atoms with Crippen molar-refractivity contribution < 1.29 is 19.1 Å². The Balaban J connectivity index is 2.10. The lowest BCUT2D eigenvalue weighted by Crippen LogP contribution is -2.24. The number of ketones is 1. The van der Waals surface area contributed by atoms with Crippen molar-refractivity contribution in [3.63, 3.8) is 0 Å². The average molecular weight is 404 g/mol. The summed E-state index contributed by atoms with van der Waals surface area (Å²) >= 11 is 3.34. The molecule has 2 aromatic carbocycles. The number of carbonyl (C=O) groups is 2. The van der Waals surface area contributed by atoms with E-state index in [4.69, 9.17) is 9.47 Å². The fourth-order valence-electron chi connectivity index (χ4n) is 2.00. The summed E-state index contributed by atoms with van der Waals surface area (Å²) in [6, 6.07) is 12.4. The second-order valence-corrected chi connectivity index (χ2v) is 5.99. The molecule has 6 heteroatoms. The monoisotopic (exact) mass is 403 g/mol. The van der Waals surface area contributed by atoms with Crippen molar-refractivity contribution in [1.82, 2.24) is 5.32 Å². The molecular weight excluding hydrogens is 386 g/mol. The van der Waals surface area contributed by atoms with Gasteiger partial charge in [0.15, 0.2) is 23.9 Å². The van der Waals surface area contributed by atoms with E-state index >= 15 is 0 Å². The maximum Gasteiger partial charge on any atom is 0.257 e. The molecule has 2 rings (SSSR count). The van der Waals surface area contributed by atoms with Crippen LogP contribution in [-0.4, -0.2) is 32.5 Å². The van der Waals surface area contributed by atoms with E-state index in [9.17, 15) is 9.59 Å². The highest BCUT2D eigenvalue weighted by atomic mass is 79.9. The summed E-state index contributed by atoms with van der Waals surface area (Å²) in [6.45, 7) is -0.0932. The van der Waals surface area contributed by atoms with Crippen molar-refractivity contribution in [3.05, 3.63) is 64.1 Å². The first-order valence-electron chi connectivity index (χ1n) is 7.53. The number of rotatable bonds is 7. The first-order chi connectivity index (χ1) is 12.0. The van der Waals surface area contributed by atoms with E-state index in [2.05, 4.69) is 21.2 Å². The average Bonchev–Trinajstić information content (AvgIpc) is 2.64. The number of hydrogen-bond acceptors (Lipinski definition) is 4. The molecule has 0 bridgehead atoms. The van der Waals surface area contributed by atoms with Crippen LogP contribution in [-0.2, 0) is 4.79 Å². The van der Waals surface area contributed by atoms with Crippen LogP contribution in [0.15, 0.2) is 53.0 Å². The molecule has 0 saturated carbocycles. The van der Waals surface area contributed by atoms with Gasteiger partial charge in [0.2, 0.25) is 0 Å². The summed E-state index contributed by atoms with van der Waals surface area (Å²) in [6.07, 6.45) is 3.21. The number of halogens is 1. The number of carbonyl (C=O) groups excluding carboxylic acids is 2. The van der Waals surface area contributed by atoms with Crippen LogP contribution >= 0.6 is 15.9 Å². The maximum absolute atomic E-state index is 12.2. The van der Waals surface area contributed by atoms with Gasteiger partial charge < -0.3 is 14.8 Å². The molecule has 2 aromatic rings. The maximum atomic E-state index is 12.2. The number of amides is 1. The fourth-order valence-corrected chi connectivity index (χ4v) is 2.27. The van der Waals surface area contributed by atoms with Gasteiger partial charge in [-0.25, -0.2) is 0 Å². The third kappa shape index (κ3) is 5.46. The van der Waals surface area contributed by atoms with Gasteiger partial charge in [-0.2, -0.15) is 0 Å². The molecule has 5 nitrogen and oxygen atoms in total. The molecule has 1 amide bonds. The molecule has 1 N–H and O–H groups in total. The lowest BCUT2D eigenvalue weighted by Gasteiger charge is -2.10. The number of allylic oxidation sites excluding steroid dienone is 1. The van der Waals surface area contributed by atoms with Crippen LogP contribution in [0.2, 0.25) is 0 Å². The van der Waals surface area contributed by atoms with Gasteiger partial charge in [-0.15, -0.1) is 0 Å². The molecule has 0 aliphatic carbocycles. The van der Waals surface area contributed by atoms with E-state index in [-0.39, 0.29) is 18.3 Å². The van der Waals surface area contributed by atoms with Crippen molar-refractivity contribution in [2.75, 3.05) is 20.8 Å². The van der Waals surface area contributed by atoms with Gasteiger partial charge in [0, 0.05) is 17.1 Å². The van der Waals surface area contributed by atoms with Crippen molar-refractivity contribution in [2.45, 2.75) is 0 Å². The molecule has 0 aliphatic rings. The molecule has 0 heterocycles. The Morgan fingerprint density at radius 1 is 1.12 bits per heavy atom. The Bertz CT molecular complexity index is 785. The van der Waals surface area contributed by atoms with Crippen molar-refractivity contribution in [2.24, 2.45) is 0 Å². The molecule has 0 radical (unpaired) electrons. The lowest BCUT2D eigenvalue weighted by molar-refractivity contribution is -0.122.